The number of anilines is 1. The van der Waals surface area contributed by atoms with E-state index in [1.165, 1.54) is 18.4 Å². The zero-order valence-electron chi connectivity index (χ0n) is 12.2. The number of nitrogens with zero attached hydrogens (tertiary/aromatic N) is 1. The molecule has 0 aliphatic carbocycles. The van der Waals surface area contributed by atoms with Crippen LogP contribution in [0.25, 0.3) is 0 Å². The predicted octanol–water partition coefficient (Wildman–Crippen LogP) is 3.71. The molecule has 0 aliphatic rings. The zero-order valence-corrected chi connectivity index (χ0v) is 12.2. The molecule has 0 bridgehead atoms. The maximum Gasteiger partial charge on any atom is 0.305 e. The molecule has 1 unspecified atom stereocenters. The van der Waals surface area contributed by atoms with Crippen LogP contribution >= 0.6 is 0 Å². The van der Waals surface area contributed by atoms with E-state index in [0.29, 0.717) is 12.5 Å². The van der Waals surface area contributed by atoms with Crippen LogP contribution in [0.4, 0.5) is 5.69 Å². The Morgan fingerprint density at radius 3 is 2.63 bits per heavy atom. The maximum absolute atomic E-state index is 10.8. The smallest absolute Gasteiger partial charge is 0.305 e. The van der Waals surface area contributed by atoms with Gasteiger partial charge in [-0.2, -0.15) is 0 Å². The van der Waals surface area contributed by atoms with Crippen molar-refractivity contribution in [2.45, 2.75) is 40.0 Å². The van der Waals surface area contributed by atoms with E-state index in [2.05, 4.69) is 37.8 Å². The van der Waals surface area contributed by atoms with Crippen LogP contribution in [0.15, 0.2) is 24.3 Å². The SMILES string of the molecule is CCCC(C)CN(CCC(=O)O)c1ccccc1C. The van der Waals surface area contributed by atoms with Crippen molar-refractivity contribution in [2.24, 2.45) is 5.92 Å². The lowest BCUT2D eigenvalue weighted by atomic mass is 10.0. The molecule has 0 aliphatic heterocycles. The molecule has 0 fully saturated rings. The Kier molecular flexibility index (Phi) is 6.40. The van der Waals surface area contributed by atoms with Gasteiger partial charge in [-0.1, -0.05) is 38.5 Å². The van der Waals surface area contributed by atoms with E-state index in [1.807, 2.05) is 12.1 Å². The highest BCUT2D eigenvalue weighted by Gasteiger charge is 2.13. The van der Waals surface area contributed by atoms with Gasteiger partial charge in [0.15, 0.2) is 0 Å². The number of carboxylic acids is 1. The van der Waals surface area contributed by atoms with Crippen LogP contribution in [-0.2, 0) is 4.79 Å². The molecule has 1 atom stereocenters. The summed E-state index contributed by atoms with van der Waals surface area (Å²) in [6, 6.07) is 8.19. The lowest BCUT2D eigenvalue weighted by Gasteiger charge is -2.28. The molecule has 106 valence electrons. The molecule has 0 heterocycles. The van der Waals surface area contributed by atoms with Crippen molar-refractivity contribution in [1.82, 2.24) is 0 Å². The molecule has 0 amide bonds. The molecule has 1 N–H and O–H groups in total. The van der Waals surface area contributed by atoms with Crippen molar-refractivity contribution < 1.29 is 9.90 Å². The van der Waals surface area contributed by atoms with Crippen molar-refractivity contribution in [3.8, 4) is 0 Å². The Bertz CT molecular complexity index is 403. The second-order valence-corrected chi connectivity index (χ2v) is 5.27. The second kappa shape index (κ2) is 7.82. The van der Waals surface area contributed by atoms with E-state index in [1.54, 1.807) is 0 Å². The molecular weight excluding hydrogens is 238 g/mol. The number of hydrogen-bond acceptors (Lipinski definition) is 2. The van der Waals surface area contributed by atoms with E-state index >= 15 is 0 Å². The summed E-state index contributed by atoms with van der Waals surface area (Å²) in [6.45, 7) is 8.00. The van der Waals surface area contributed by atoms with Gasteiger partial charge in [-0.05, 0) is 30.9 Å². The summed E-state index contributed by atoms with van der Waals surface area (Å²) < 4.78 is 0. The van der Waals surface area contributed by atoms with Crippen molar-refractivity contribution in [2.75, 3.05) is 18.0 Å². The molecule has 0 saturated carbocycles. The molecule has 0 saturated heterocycles. The molecule has 0 aromatic heterocycles. The summed E-state index contributed by atoms with van der Waals surface area (Å²) in [6.07, 6.45) is 2.53. The lowest BCUT2D eigenvalue weighted by molar-refractivity contribution is -0.136. The van der Waals surface area contributed by atoms with Gasteiger partial charge in [0.1, 0.15) is 0 Å². The Labute approximate surface area is 116 Å². The fourth-order valence-electron chi connectivity index (χ4n) is 2.42. The van der Waals surface area contributed by atoms with Gasteiger partial charge < -0.3 is 10.0 Å². The van der Waals surface area contributed by atoms with Crippen molar-refractivity contribution in [1.29, 1.82) is 0 Å². The highest BCUT2D eigenvalue weighted by Crippen LogP contribution is 2.22. The number of hydrogen-bond donors (Lipinski definition) is 1. The highest BCUT2D eigenvalue weighted by atomic mass is 16.4. The van der Waals surface area contributed by atoms with Gasteiger partial charge in [0.05, 0.1) is 6.42 Å². The quantitative estimate of drug-likeness (QED) is 0.777. The van der Waals surface area contributed by atoms with E-state index < -0.39 is 5.97 Å². The van der Waals surface area contributed by atoms with Gasteiger partial charge in [-0.25, -0.2) is 0 Å². The van der Waals surface area contributed by atoms with E-state index in [0.717, 1.165) is 12.2 Å². The topological polar surface area (TPSA) is 40.5 Å². The lowest BCUT2D eigenvalue weighted by Crippen LogP contribution is -2.31. The van der Waals surface area contributed by atoms with Gasteiger partial charge in [-0.3, -0.25) is 4.79 Å². The Hall–Kier alpha value is -1.51. The number of carbonyl (C=O) groups is 1. The van der Waals surface area contributed by atoms with Crippen LogP contribution in [0, 0.1) is 12.8 Å². The van der Waals surface area contributed by atoms with Gasteiger partial charge in [0.25, 0.3) is 0 Å². The third-order valence-corrected chi connectivity index (χ3v) is 3.37. The summed E-state index contributed by atoms with van der Waals surface area (Å²) in [7, 11) is 0. The zero-order chi connectivity index (χ0) is 14.3. The van der Waals surface area contributed by atoms with Gasteiger partial charge in [-0.15, -0.1) is 0 Å². The van der Waals surface area contributed by atoms with E-state index in [-0.39, 0.29) is 6.42 Å². The summed E-state index contributed by atoms with van der Waals surface area (Å²) in [5.74, 6) is -0.153. The maximum atomic E-state index is 10.8. The standard InChI is InChI=1S/C16H25NO2/c1-4-7-13(2)12-17(11-10-16(18)19)15-9-6-5-8-14(15)3/h5-6,8-9,13H,4,7,10-12H2,1-3H3,(H,18,19). The minimum absolute atomic E-state index is 0.188. The van der Waals surface area contributed by atoms with Gasteiger partial charge in [0, 0.05) is 18.8 Å². The molecule has 0 spiro atoms. The number of benzene rings is 1. The number of carboxylic acid groups (broad SMARTS) is 1. The third-order valence-electron chi connectivity index (χ3n) is 3.37. The van der Waals surface area contributed by atoms with Gasteiger partial charge >= 0.3 is 5.97 Å². The minimum Gasteiger partial charge on any atom is -0.481 e. The molecule has 19 heavy (non-hydrogen) atoms. The molecule has 1 rings (SSSR count). The molecule has 3 nitrogen and oxygen atoms in total. The van der Waals surface area contributed by atoms with Crippen molar-refractivity contribution in [3.05, 3.63) is 29.8 Å². The number of aryl methyl sites for hydroxylation is 1. The van der Waals surface area contributed by atoms with E-state index in [4.69, 9.17) is 5.11 Å². The first kappa shape index (κ1) is 15.5. The summed E-state index contributed by atoms with van der Waals surface area (Å²) in [5, 5.41) is 8.89. The summed E-state index contributed by atoms with van der Waals surface area (Å²) in [5.41, 5.74) is 2.36. The summed E-state index contributed by atoms with van der Waals surface area (Å²) in [4.78, 5) is 13.0. The Morgan fingerprint density at radius 2 is 2.05 bits per heavy atom. The molecule has 0 radical (unpaired) electrons. The first-order valence-electron chi connectivity index (χ1n) is 7.07. The first-order valence-corrected chi connectivity index (χ1v) is 7.07. The molecule has 1 aromatic carbocycles. The van der Waals surface area contributed by atoms with Crippen LogP contribution in [0.2, 0.25) is 0 Å². The molecule has 1 aromatic rings. The summed E-state index contributed by atoms with van der Waals surface area (Å²) >= 11 is 0. The third kappa shape index (κ3) is 5.33. The highest BCUT2D eigenvalue weighted by molar-refractivity contribution is 5.68. The van der Waals surface area contributed by atoms with Crippen molar-refractivity contribution >= 4 is 11.7 Å². The van der Waals surface area contributed by atoms with Crippen LogP contribution < -0.4 is 4.90 Å². The normalized spacial score (nSPS) is 12.2. The van der Waals surface area contributed by atoms with Crippen molar-refractivity contribution in [3.63, 3.8) is 0 Å². The largest absolute Gasteiger partial charge is 0.481 e. The Balaban J connectivity index is 2.79. The first-order chi connectivity index (χ1) is 9.04. The number of aliphatic carboxylic acids is 1. The van der Waals surface area contributed by atoms with E-state index in [9.17, 15) is 4.79 Å². The van der Waals surface area contributed by atoms with Crippen LogP contribution in [0.5, 0.6) is 0 Å². The average molecular weight is 263 g/mol. The van der Waals surface area contributed by atoms with Crippen LogP contribution in [0.1, 0.15) is 38.7 Å². The average Bonchev–Trinajstić information content (AvgIpc) is 2.35. The van der Waals surface area contributed by atoms with Crippen LogP contribution in [-0.4, -0.2) is 24.2 Å². The minimum atomic E-state index is -0.735. The molecular formula is C16H25NO2. The van der Waals surface area contributed by atoms with Gasteiger partial charge in [0.2, 0.25) is 0 Å². The fraction of sp³-hybridized carbons (Fsp3) is 0.562. The molecule has 3 heteroatoms. The number of rotatable bonds is 8. The predicted molar refractivity (Wildman–Crippen MR) is 79.7 cm³/mol. The number of para-hydroxylation sites is 1. The Morgan fingerprint density at radius 1 is 1.37 bits per heavy atom. The second-order valence-electron chi connectivity index (χ2n) is 5.27. The fourth-order valence-corrected chi connectivity index (χ4v) is 2.42. The van der Waals surface area contributed by atoms with Crippen LogP contribution in [0.3, 0.4) is 0 Å². The monoisotopic (exact) mass is 263 g/mol.